The summed E-state index contributed by atoms with van der Waals surface area (Å²) in [5, 5.41) is 13.6. The van der Waals surface area contributed by atoms with Crippen molar-refractivity contribution in [3.63, 3.8) is 0 Å². The predicted octanol–water partition coefficient (Wildman–Crippen LogP) is 4.82. The van der Waals surface area contributed by atoms with Gasteiger partial charge in [-0.1, -0.05) is 73.4 Å². The Morgan fingerprint density at radius 3 is 1.46 bits per heavy atom. The van der Waals surface area contributed by atoms with Gasteiger partial charge in [0, 0.05) is 72.4 Å². The van der Waals surface area contributed by atoms with E-state index in [1.165, 1.54) is 0 Å². The number of methoxy groups -OCH3 is 2. The minimum absolute atomic E-state index is 0.0223. The zero-order valence-corrected chi connectivity index (χ0v) is 29.9. The molecular weight excluding hydrogens is 679 g/mol. The van der Waals surface area contributed by atoms with Crippen molar-refractivity contribution in [3.8, 4) is 45.4 Å². The van der Waals surface area contributed by atoms with Gasteiger partial charge in [-0.2, -0.15) is 0 Å². The van der Waals surface area contributed by atoms with Crippen LogP contribution in [0.4, 0.5) is 0 Å². The molecule has 12 nitrogen and oxygen atoms in total. The van der Waals surface area contributed by atoms with E-state index >= 15 is 0 Å². The first kappa shape index (κ1) is 35.5. The lowest BCUT2D eigenvalue weighted by atomic mass is 9.98. The Labute approximate surface area is 301 Å². The largest absolute Gasteiger partial charge is 0.480 e. The van der Waals surface area contributed by atoms with Gasteiger partial charge in [-0.15, -0.1) is 0 Å². The molecule has 0 spiro atoms. The fourth-order valence-electron chi connectivity index (χ4n) is 6.37. The van der Waals surface area contributed by atoms with Crippen molar-refractivity contribution in [1.82, 2.24) is 41.2 Å². The second-order valence-corrected chi connectivity index (χ2v) is 13.5. The molecule has 2 amide bonds. The lowest BCUT2D eigenvalue weighted by Crippen LogP contribution is -2.35. The third-order valence-electron chi connectivity index (χ3n) is 9.08. The molecule has 2 aliphatic rings. The van der Waals surface area contributed by atoms with Crippen LogP contribution in [0.1, 0.15) is 38.1 Å². The summed E-state index contributed by atoms with van der Waals surface area (Å²) >= 11 is 14.1. The van der Waals surface area contributed by atoms with E-state index in [0.29, 0.717) is 93.0 Å². The molecule has 0 bridgehead atoms. The van der Waals surface area contributed by atoms with E-state index in [4.69, 9.17) is 42.6 Å². The summed E-state index contributed by atoms with van der Waals surface area (Å²) in [5.74, 6) is 0.975. The minimum Gasteiger partial charge on any atom is -0.480 e. The number of ether oxygens (including phenoxy) is 2. The summed E-state index contributed by atoms with van der Waals surface area (Å²) in [6.07, 6.45) is 4.93. The third kappa shape index (κ3) is 7.68. The van der Waals surface area contributed by atoms with E-state index in [1.54, 1.807) is 26.6 Å². The Hall–Kier alpha value is -4.36. The Bertz CT molecular complexity index is 1760. The number of nitrogens with zero attached hydrogens (tertiary/aromatic N) is 4. The monoisotopic (exact) mass is 718 g/mol. The molecule has 50 heavy (non-hydrogen) atoms. The molecule has 4 N–H and O–H groups in total. The van der Waals surface area contributed by atoms with Gasteiger partial charge in [0.05, 0.1) is 48.0 Å². The molecule has 0 radical (unpaired) electrons. The minimum atomic E-state index is 0.0223. The van der Waals surface area contributed by atoms with E-state index in [2.05, 4.69) is 31.2 Å². The quantitative estimate of drug-likeness (QED) is 0.151. The first-order valence-corrected chi connectivity index (χ1v) is 17.3. The van der Waals surface area contributed by atoms with Crippen molar-refractivity contribution in [2.75, 3.05) is 27.3 Å². The van der Waals surface area contributed by atoms with Crippen LogP contribution in [0.5, 0.6) is 11.8 Å². The molecule has 0 unspecified atom stereocenters. The highest BCUT2D eigenvalue weighted by Gasteiger charge is 2.29. The lowest BCUT2D eigenvalue weighted by molar-refractivity contribution is -0.122. The summed E-state index contributed by atoms with van der Waals surface area (Å²) in [4.78, 5) is 42.4. The van der Waals surface area contributed by atoms with E-state index in [1.807, 2.05) is 50.2 Å². The molecule has 2 aromatic carbocycles. The predicted molar refractivity (Wildman–Crippen MR) is 192 cm³/mol. The van der Waals surface area contributed by atoms with E-state index in [9.17, 15) is 9.59 Å². The average molecular weight is 720 g/mol. The number of carbonyl (C=O) groups excluding carboxylic acids is 2. The van der Waals surface area contributed by atoms with E-state index in [-0.39, 0.29) is 35.7 Å². The van der Waals surface area contributed by atoms with Crippen LogP contribution in [0, 0.1) is 11.8 Å². The number of hydrogen-bond donors (Lipinski definition) is 4. The standard InChI is InChI=1S/C36H40Cl2N8O4/c1-19-11-21(43-33(19)47)13-39-15-29-35(49-3)45-27(17-41-29)25-9-5-7-23(31(25)37)24-8-6-10-26(32(24)38)28-18-42-30(36(46-28)50-4)16-40-14-22-12-20(2)34(48)44-22/h5-10,17-22,39-40H,11-16H2,1-4H3,(H,43,47)(H,44,48)/t19-,20-,21+,22+/m1/s1. The van der Waals surface area contributed by atoms with E-state index < -0.39 is 0 Å². The van der Waals surface area contributed by atoms with Crippen molar-refractivity contribution in [1.29, 1.82) is 0 Å². The van der Waals surface area contributed by atoms with Crippen LogP contribution < -0.4 is 30.7 Å². The van der Waals surface area contributed by atoms with Crippen molar-refractivity contribution in [2.24, 2.45) is 11.8 Å². The Kier molecular flexibility index (Phi) is 11.1. The maximum Gasteiger partial charge on any atom is 0.237 e. The van der Waals surface area contributed by atoms with Crippen LogP contribution in [-0.4, -0.2) is 71.1 Å². The number of hydrogen-bond acceptors (Lipinski definition) is 10. The van der Waals surface area contributed by atoms with Crippen LogP contribution in [-0.2, 0) is 22.7 Å². The topological polar surface area (TPSA) is 152 Å². The molecule has 262 valence electrons. The van der Waals surface area contributed by atoms with Crippen LogP contribution in [0.25, 0.3) is 33.6 Å². The van der Waals surface area contributed by atoms with Gasteiger partial charge in [-0.3, -0.25) is 19.6 Å². The number of aromatic nitrogens is 4. The summed E-state index contributed by atoms with van der Waals surface area (Å²) in [6, 6.07) is 11.5. The van der Waals surface area contributed by atoms with Gasteiger partial charge in [0.1, 0.15) is 11.4 Å². The lowest BCUT2D eigenvalue weighted by Gasteiger charge is -2.16. The van der Waals surface area contributed by atoms with Gasteiger partial charge < -0.3 is 30.7 Å². The molecule has 6 rings (SSSR count). The van der Waals surface area contributed by atoms with Crippen LogP contribution in [0.3, 0.4) is 0 Å². The average Bonchev–Trinajstić information content (AvgIpc) is 3.62. The van der Waals surface area contributed by atoms with Crippen molar-refractivity contribution in [3.05, 3.63) is 70.2 Å². The van der Waals surface area contributed by atoms with Gasteiger partial charge in [0.2, 0.25) is 23.6 Å². The highest BCUT2D eigenvalue weighted by atomic mass is 35.5. The van der Waals surface area contributed by atoms with Crippen molar-refractivity contribution >= 4 is 35.0 Å². The Morgan fingerprint density at radius 1 is 0.700 bits per heavy atom. The molecular formula is C36H40Cl2N8O4. The zero-order chi connectivity index (χ0) is 35.4. The fraction of sp³-hybridized carbons (Fsp3) is 0.389. The van der Waals surface area contributed by atoms with Gasteiger partial charge >= 0.3 is 0 Å². The number of amides is 2. The maximum atomic E-state index is 11.8. The first-order valence-electron chi connectivity index (χ1n) is 16.6. The number of nitrogens with one attached hydrogen (secondary N) is 4. The molecule has 2 fully saturated rings. The second-order valence-electron chi connectivity index (χ2n) is 12.7. The molecule has 2 aliphatic heterocycles. The molecule has 0 aliphatic carbocycles. The molecule has 4 aromatic rings. The summed E-state index contributed by atoms with van der Waals surface area (Å²) in [5.41, 5.74) is 5.15. The summed E-state index contributed by atoms with van der Waals surface area (Å²) in [6.45, 7) is 5.96. The van der Waals surface area contributed by atoms with Crippen LogP contribution in [0.15, 0.2) is 48.8 Å². The van der Waals surface area contributed by atoms with Gasteiger partial charge in [-0.25, -0.2) is 9.97 Å². The zero-order valence-electron chi connectivity index (χ0n) is 28.3. The van der Waals surface area contributed by atoms with Gasteiger partial charge in [0.25, 0.3) is 0 Å². The molecule has 2 saturated heterocycles. The number of rotatable bonds is 13. The third-order valence-corrected chi connectivity index (χ3v) is 9.89. The van der Waals surface area contributed by atoms with Gasteiger partial charge in [0.15, 0.2) is 0 Å². The second kappa shape index (κ2) is 15.7. The van der Waals surface area contributed by atoms with Crippen LogP contribution in [0.2, 0.25) is 10.0 Å². The van der Waals surface area contributed by atoms with Gasteiger partial charge in [-0.05, 0) is 12.8 Å². The van der Waals surface area contributed by atoms with E-state index in [0.717, 1.165) is 12.8 Å². The SMILES string of the molecule is COc1nc(-c2cccc(-c3cccc(-c4cnc(CNC[C@@H]5C[C@@H](C)C(=O)N5)c(OC)n4)c3Cl)c2Cl)cnc1CNC[C@@H]1C[C@@H](C)C(=O)N1. The van der Waals surface area contributed by atoms with Crippen molar-refractivity contribution in [2.45, 2.75) is 51.9 Å². The van der Waals surface area contributed by atoms with Crippen molar-refractivity contribution < 1.29 is 19.1 Å². The molecule has 4 atom stereocenters. The first-order chi connectivity index (χ1) is 24.2. The molecule has 4 heterocycles. The normalized spacial score (nSPS) is 20.1. The molecule has 2 aromatic heterocycles. The Morgan fingerprint density at radius 2 is 1.10 bits per heavy atom. The summed E-state index contributed by atoms with van der Waals surface area (Å²) in [7, 11) is 3.11. The Balaban J connectivity index is 1.19. The molecule has 0 saturated carbocycles. The van der Waals surface area contributed by atoms with Crippen LogP contribution >= 0.6 is 23.2 Å². The fourth-order valence-corrected chi connectivity index (χ4v) is 7.02. The smallest absolute Gasteiger partial charge is 0.237 e. The number of carbonyl (C=O) groups is 2. The maximum absolute atomic E-state index is 11.8. The highest BCUT2D eigenvalue weighted by Crippen LogP contribution is 2.42. The number of benzene rings is 2. The number of halogens is 2. The molecule has 14 heteroatoms. The highest BCUT2D eigenvalue weighted by molar-refractivity contribution is 6.39. The summed E-state index contributed by atoms with van der Waals surface area (Å²) < 4.78 is 11.2.